The number of benzene rings is 1. The second-order valence-electron chi connectivity index (χ2n) is 4.17. The SMILES string of the molecule is COc1cccc(NS(=O)(=O)c2c(CN)n[nH]c2C)c1. The van der Waals surface area contributed by atoms with Crippen LogP contribution in [0.1, 0.15) is 11.4 Å². The number of aromatic nitrogens is 2. The highest BCUT2D eigenvalue weighted by Gasteiger charge is 2.23. The predicted molar refractivity (Wildman–Crippen MR) is 75.0 cm³/mol. The Labute approximate surface area is 117 Å². The fourth-order valence-electron chi connectivity index (χ4n) is 1.86. The molecule has 1 heterocycles. The molecule has 0 saturated heterocycles. The van der Waals surface area contributed by atoms with Crippen LogP contribution >= 0.6 is 0 Å². The molecule has 108 valence electrons. The van der Waals surface area contributed by atoms with Crippen molar-refractivity contribution < 1.29 is 13.2 Å². The summed E-state index contributed by atoms with van der Waals surface area (Å²) in [4.78, 5) is 0.0859. The first-order valence-electron chi connectivity index (χ1n) is 5.88. The largest absolute Gasteiger partial charge is 0.497 e. The van der Waals surface area contributed by atoms with Gasteiger partial charge in [-0.2, -0.15) is 5.10 Å². The number of aryl methyl sites for hydroxylation is 1. The van der Waals surface area contributed by atoms with E-state index in [-0.39, 0.29) is 11.4 Å². The van der Waals surface area contributed by atoms with Crippen molar-refractivity contribution in [3.63, 3.8) is 0 Å². The summed E-state index contributed by atoms with van der Waals surface area (Å²) in [7, 11) is -2.23. The molecule has 0 amide bonds. The van der Waals surface area contributed by atoms with Gasteiger partial charge in [-0.05, 0) is 19.1 Å². The van der Waals surface area contributed by atoms with E-state index in [1.54, 1.807) is 31.2 Å². The molecule has 0 spiro atoms. The quantitative estimate of drug-likeness (QED) is 0.762. The molecule has 1 aromatic heterocycles. The lowest BCUT2D eigenvalue weighted by molar-refractivity contribution is 0.415. The third kappa shape index (κ3) is 2.75. The van der Waals surface area contributed by atoms with E-state index < -0.39 is 10.0 Å². The zero-order chi connectivity index (χ0) is 14.8. The number of H-pyrrole nitrogens is 1. The van der Waals surface area contributed by atoms with Crippen molar-refractivity contribution in [1.29, 1.82) is 0 Å². The average Bonchev–Trinajstić information content (AvgIpc) is 2.80. The van der Waals surface area contributed by atoms with Gasteiger partial charge in [0.05, 0.1) is 24.2 Å². The number of sulfonamides is 1. The molecule has 0 radical (unpaired) electrons. The molecule has 0 fully saturated rings. The van der Waals surface area contributed by atoms with Crippen LogP contribution in [0, 0.1) is 6.92 Å². The minimum Gasteiger partial charge on any atom is -0.497 e. The van der Waals surface area contributed by atoms with E-state index >= 15 is 0 Å². The summed E-state index contributed by atoms with van der Waals surface area (Å²) in [6.45, 7) is 1.67. The number of hydrogen-bond donors (Lipinski definition) is 3. The lowest BCUT2D eigenvalue weighted by Gasteiger charge is -2.09. The molecule has 0 aliphatic heterocycles. The van der Waals surface area contributed by atoms with E-state index in [9.17, 15) is 8.42 Å². The molecule has 2 rings (SSSR count). The van der Waals surface area contributed by atoms with E-state index in [1.165, 1.54) is 7.11 Å². The summed E-state index contributed by atoms with van der Waals surface area (Å²) < 4.78 is 32.3. The van der Waals surface area contributed by atoms with Gasteiger partial charge in [-0.25, -0.2) is 8.42 Å². The minimum absolute atomic E-state index is 0.0404. The Hall–Kier alpha value is -2.06. The molecule has 1 aromatic carbocycles. The molecule has 0 unspecified atom stereocenters. The number of rotatable bonds is 5. The molecule has 0 aliphatic carbocycles. The van der Waals surface area contributed by atoms with Crippen molar-refractivity contribution in [3.05, 3.63) is 35.7 Å². The predicted octanol–water partition coefficient (Wildman–Crippen LogP) is 0.986. The van der Waals surface area contributed by atoms with Crippen LogP contribution in [0.5, 0.6) is 5.75 Å². The number of nitrogens with one attached hydrogen (secondary N) is 2. The van der Waals surface area contributed by atoms with Crippen LogP contribution in [0.15, 0.2) is 29.2 Å². The smallest absolute Gasteiger partial charge is 0.265 e. The molecular formula is C12H16N4O3S. The van der Waals surface area contributed by atoms with Crippen LogP contribution in [0.25, 0.3) is 0 Å². The topological polar surface area (TPSA) is 110 Å². The second-order valence-corrected chi connectivity index (χ2v) is 5.79. The Kier molecular flexibility index (Phi) is 3.96. The monoisotopic (exact) mass is 296 g/mol. The molecule has 0 aliphatic rings. The van der Waals surface area contributed by atoms with Crippen LogP contribution in [0.4, 0.5) is 5.69 Å². The minimum atomic E-state index is -3.75. The lowest BCUT2D eigenvalue weighted by Crippen LogP contribution is -2.16. The molecule has 20 heavy (non-hydrogen) atoms. The van der Waals surface area contributed by atoms with Gasteiger partial charge < -0.3 is 10.5 Å². The Balaban J connectivity index is 2.38. The zero-order valence-electron chi connectivity index (χ0n) is 11.2. The van der Waals surface area contributed by atoms with Crippen LogP contribution < -0.4 is 15.2 Å². The maximum Gasteiger partial charge on any atom is 0.265 e. The van der Waals surface area contributed by atoms with Crippen molar-refractivity contribution >= 4 is 15.7 Å². The summed E-state index contributed by atoms with van der Waals surface area (Å²) in [5, 5.41) is 6.51. The van der Waals surface area contributed by atoms with Crippen LogP contribution in [0.2, 0.25) is 0 Å². The van der Waals surface area contributed by atoms with Crippen LogP contribution in [0.3, 0.4) is 0 Å². The number of hydrogen-bond acceptors (Lipinski definition) is 5. The van der Waals surface area contributed by atoms with E-state index in [1.807, 2.05) is 0 Å². The molecule has 0 atom stereocenters. The van der Waals surface area contributed by atoms with Gasteiger partial charge in [-0.15, -0.1) is 0 Å². The van der Waals surface area contributed by atoms with Crippen molar-refractivity contribution in [2.75, 3.05) is 11.8 Å². The molecule has 0 bridgehead atoms. The number of ether oxygens (including phenoxy) is 1. The first-order valence-corrected chi connectivity index (χ1v) is 7.37. The maximum absolute atomic E-state index is 12.4. The zero-order valence-corrected chi connectivity index (χ0v) is 12.0. The summed E-state index contributed by atoms with van der Waals surface area (Å²) in [6, 6.07) is 6.65. The van der Waals surface area contributed by atoms with Gasteiger partial charge in [-0.3, -0.25) is 9.82 Å². The fourth-order valence-corrected chi connectivity index (χ4v) is 3.28. The van der Waals surface area contributed by atoms with Gasteiger partial charge in [0.15, 0.2) is 0 Å². The van der Waals surface area contributed by atoms with Gasteiger partial charge in [0.1, 0.15) is 10.6 Å². The summed E-state index contributed by atoms with van der Waals surface area (Å²) in [5.41, 5.74) is 6.66. The van der Waals surface area contributed by atoms with Gasteiger partial charge in [0.25, 0.3) is 10.0 Å². The standard InChI is InChI=1S/C12H16N4O3S/c1-8-12(11(7-13)15-14-8)20(17,18)16-9-4-3-5-10(6-9)19-2/h3-6,16H,7,13H2,1-2H3,(H,14,15). The molecule has 0 saturated carbocycles. The van der Waals surface area contributed by atoms with Gasteiger partial charge in [-0.1, -0.05) is 6.07 Å². The van der Waals surface area contributed by atoms with E-state index in [2.05, 4.69) is 14.9 Å². The second kappa shape index (κ2) is 5.51. The Morgan fingerprint density at radius 3 is 2.85 bits per heavy atom. The normalized spacial score (nSPS) is 11.3. The van der Waals surface area contributed by atoms with Crippen molar-refractivity contribution in [1.82, 2.24) is 10.2 Å². The molecule has 4 N–H and O–H groups in total. The summed E-state index contributed by atoms with van der Waals surface area (Å²) in [5.74, 6) is 0.563. The maximum atomic E-state index is 12.4. The summed E-state index contributed by atoms with van der Waals surface area (Å²) >= 11 is 0. The highest BCUT2D eigenvalue weighted by Crippen LogP contribution is 2.23. The van der Waals surface area contributed by atoms with Crippen molar-refractivity contribution in [2.45, 2.75) is 18.4 Å². The van der Waals surface area contributed by atoms with E-state index in [0.717, 1.165) is 0 Å². The van der Waals surface area contributed by atoms with Gasteiger partial charge >= 0.3 is 0 Å². The lowest BCUT2D eigenvalue weighted by atomic mass is 10.3. The van der Waals surface area contributed by atoms with Crippen LogP contribution in [-0.4, -0.2) is 25.7 Å². The third-order valence-electron chi connectivity index (χ3n) is 2.75. The van der Waals surface area contributed by atoms with E-state index in [0.29, 0.717) is 22.8 Å². The Morgan fingerprint density at radius 1 is 1.45 bits per heavy atom. The number of anilines is 1. The van der Waals surface area contributed by atoms with E-state index in [4.69, 9.17) is 10.5 Å². The van der Waals surface area contributed by atoms with Gasteiger partial charge in [0.2, 0.25) is 0 Å². The molecule has 8 heteroatoms. The summed E-state index contributed by atoms with van der Waals surface area (Å²) in [6.07, 6.45) is 0. The average molecular weight is 296 g/mol. The first-order chi connectivity index (χ1) is 9.47. The third-order valence-corrected chi connectivity index (χ3v) is 4.33. The van der Waals surface area contributed by atoms with Crippen molar-refractivity contribution in [3.8, 4) is 5.75 Å². The first kappa shape index (κ1) is 14.4. The highest BCUT2D eigenvalue weighted by molar-refractivity contribution is 7.92. The van der Waals surface area contributed by atoms with Crippen molar-refractivity contribution in [2.24, 2.45) is 5.73 Å². The highest BCUT2D eigenvalue weighted by atomic mass is 32.2. The number of nitrogens with two attached hydrogens (primary N) is 1. The van der Waals surface area contributed by atoms with Crippen LogP contribution in [-0.2, 0) is 16.6 Å². The number of aromatic amines is 1. The Morgan fingerprint density at radius 2 is 2.20 bits per heavy atom. The molecule has 7 nitrogen and oxygen atoms in total. The fraction of sp³-hybridized carbons (Fsp3) is 0.250. The number of methoxy groups -OCH3 is 1. The molecule has 2 aromatic rings. The molecular weight excluding hydrogens is 280 g/mol. The Bertz CT molecular complexity index is 709. The van der Waals surface area contributed by atoms with Gasteiger partial charge in [0, 0.05) is 12.6 Å². The number of nitrogens with zero attached hydrogens (tertiary/aromatic N) is 1.